The first kappa shape index (κ1) is 11.7. The molecule has 0 atom stereocenters. The van der Waals surface area contributed by atoms with E-state index in [4.69, 9.17) is 0 Å². The molecule has 1 fully saturated rings. The Hall–Kier alpha value is -0.760. The van der Waals surface area contributed by atoms with Crippen LogP contribution < -0.4 is 5.32 Å². The molecule has 0 aliphatic heterocycles. The molecule has 0 amide bonds. The first-order chi connectivity index (χ1) is 7.73. The summed E-state index contributed by atoms with van der Waals surface area (Å²) >= 11 is 0. The number of hydrogen-bond acceptors (Lipinski definition) is 1. The second-order valence-electron chi connectivity index (χ2n) is 5.26. The molecular formula is C14H24N2. The monoisotopic (exact) mass is 220 g/mol. The maximum atomic E-state index is 3.75. The van der Waals surface area contributed by atoms with Gasteiger partial charge in [-0.25, -0.2) is 0 Å². The molecule has 1 aliphatic carbocycles. The zero-order valence-corrected chi connectivity index (χ0v) is 10.6. The van der Waals surface area contributed by atoms with Crippen molar-refractivity contribution < 1.29 is 0 Å². The molecule has 2 rings (SSSR count). The smallest absolute Gasteiger partial charge is 0.0364 e. The molecule has 1 aromatic rings. The van der Waals surface area contributed by atoms with E-state index >= 15 is 0 Å². The summed E-state index contributed by atoms with van der Waals surface area (Å²) in [4.78, 5) is 0. The lowest BCUT2D eigenvalue weighted by atomic mass is 9.83. The molecule has 1 saturated carbocycles. The number of nitrogens with one attached hydrogen (secondary N) is 1. The van der Waals surface area contributed by atoms with Gasteiger partial charge in [0.05, 0.1) is 0 Å². The van der Waals surface area contributed by atoms with E-state index in [1.807, 2.05) is 0 Å². The Morgan fingerprint density at radius 2 is 2.06 bits per heavy atom. The maximum absolute atomic E-state index is 3.75. The van der Waals surface area contributed by atoms with Gasteiger partial charge in [0.15, 0.2) is 0 Å². The highest BCUT2D eigenvalue weighted by Gasteiger charge is 2.25. The van der Waals surface area contributed by atoms with Crippen LogP contribution in [0.5, 0.6) is 0 Å². The molecule has 0 unspecified atom stereocenters. The van der Waals surface area contributed by atoms with Crippen LogP contribution in [0.15, 0.2) is 18.3 Å². The average Bonchev–Trinajstić information content (AvgIpc) is 2.75. The second kappa shape index (κ2) is 5.05. The van der Waals surface area contributed by atoms with Crippen LogP contribution in [0, 0.1) is 0 Å². The van der Waals surface area contributed by atoms with Gasteiger partial charge in [0.2, 0.25) is 0 Å². The van der Waals surface area contributed by atoms with Crippen molar-refractivity contribution in [2.45, 2.75) is 64.6 Å². The third kappa shape index (κ3) is 2.67. The van der Waals surface area contributed by atoms with E-state index in [0.717, 1.165) is 13.1 Å². The predicted molar refractivity (Wildman–Crippen MR) is 68.4 cm³/mol. The Kier molecular flexibility index (Phi) is 3.70. The normalized spacial score (nSPS) is 19.9. The minimum absolute atomic E-state index is 0.376. The van der Waals surface area contributed by atoms with Crippen LogP contribution in [0.1, 0.15) is 51.6 Å². The molecule has 2 heteroatoms. The molecule has 0 radical (unpaired) electrons. The Morgan fingerprint density at radius 1 is 1.31 bits per heavy atom. The molecule has 0 bridgehead atoms. The van der Waals surface area contributed by atoms with Crippen LogP contribution in [0.4, 0.5) is 0 Å². The highest BCUT2D eigenvalue weighted by molar-refractivity contribution is 5.07. The van der Waals surface area contributed by atoms with E-state index in [1.54, 1.807) is 0 Å². The van der Waals surface area contributed by atoms with E-state index < -0.39 is 0 Å². The van der Waals surface area contributed by atoms with Crippen LogP contribution in [-0.4, -0.2) is 10.1 Å². The van der Waals surface area contributed by atoms with Gasteiger partial charge in [-0.3, -0.25) is 0 Å². The van der Waals surface area contributed by atoms with Crippen molar-refractivity contribution >= 4 is 0 Å². The first-order valence-corrected chi connectivity index (χ1v) is 6.62. The summed E-state index contributed by atoms with van der Waals surface area (Å²) in [6, 6.07) is 4.37. The number of nitrogens with zero attached hydrogens (tertiary/aromatic N) is 1. The molecule has 1 aliphatic rings. The van der Waals surface area contributed by atoms with Crippen molar-refractivity contribution in [2.75, 3.05) is 0 Å². The van der Waals surface area contributed by atoms with Crippen molar-refractivity contribution in [1.29, 1.82) is 0 Å². The van der Waals surface area contributed by atoms with Crippen molar-refractivity contribution in [3.05, 3.63) is 24.0 Å². The Labute approximate surface area is 99.0 Å². The fourth-order valence-corrected chi connectivity index (χ4v) is 2.73. The Bertz CT molecular complexity index is 321. The average molecular weight is 220 g/mol. The summed E-state index contributed by atoms with van der Waals surface area (Å²) < 4.78 is 2.32. The number of rotatable bonds is 4. The molecule has 1 aromatic heterocycles. The summed E-state index contributed by atoms with van der Waals surface area (Å²) in [5.41, 5.74) is 1.79. The van der Waals surface area contributed by atoms with Gasteiger partial charge in [-0.2, -0.15) is 0 Å². The largest absolute Gasteiger partial charge is 0.351 e. The van der Waals surface area contributed by atoms with Gasteiger partial charge < -0.3 is 9.88 Å². The molecule has 1 N–H and O–H groups in total. The summed E-state index contributed by atoms with van der Waals surface area (Å²) in [6.07, 6.45) is 9.03. The molecule has 1 heterocycles. The number of aryl methyl sites for hydroxylation is 1. The molecule has 16 heavy (non-hydrogen) atoms. The highest BCUT2D eigenvalue weighted by Crippen LogP contribution is 2.27. The van der Waals surface area contributed by atoms with E-state index in [9.17, 15) is 0 Å². The van der Waals surface area contributed by atoms with Crippen molar-refractivity contribution in [3.8, 4) is 0 Å². The third-order valence-electron chi connectivity index (χ3n) is 3.92. The molecule has 0 aromatic carbocycles. The van der Waals surface area contributed by atoms with Crippen molar-refractivity contribution in [3.63, 3.8) is 0 Å². The molecule has 90 valence electrons. The molecule has 2 nitrogen and oxygen atoms in total. The lowest BCUT2D eigenvalue weighted by Crippen LogP contribution is -2.43. The topological polar surface area (TPSA) is 17.0 Å². The van der Waals surface area contributed by atoms with Crippen LogP contribution in [-0.2, 0) is 13.1 Å². The Balaban J connectivity index is 1.91. The van der Waals surface area contributed by atoms with Gasteiger partial charge in [0.25, 0.3) is 0 Å². The lowest BCUT2D eigenvalue weighted by molar-refractivity contribution is 0.250. The standard InChI is InChI=1S/C14H24N2/c1-3-16-11-7-8-13(16)12-15-14(2)9-5-4-6-10-14/h7-8,11,15H,3-6,9-10,12H2,1-2H3. The van der Waals surface area contributed by atoms with E-state index in [2.05, 4.69) is 42.1 Å². The summed E-state index contributed by atoms with van der Waals surface area (Å²) in [6.45, 7) is 6.66. The van der Waals surface area contributed by atoms with Gasteiger partial charge in [0, 0.05) is 30.5 Å². The minimum Gasteiger partial charge on any atom is -0.351 e. The van der Waals surface area contributed by atoms with Crippen LogP contribution >= 0.6 is 0 Å². The predicted octanol–water partition coefficient (Wildman–Crippen LogP) is 3.32. The summed E-state index contributed by atoms with van der Waals surface area (Å²) in [7, 11) is 0. The fourth-order valence-electron chi connectivity index (χ4n) is 2.73. The van der Waals surface area contributed by atoms with E-state index in [0.29, 0.717) is 5.54 Å². The lowest BCUT2D eigenvalue weighted by Gasteiger charge is -2.35. The molecule has 0 spiro atoms. The Morgan fingerprint density at radius 3 is 2.75 bits per heavy atom. The van der Waals surface area contributed by atoms with Gasteiger partial charge in [-0.1, -0.05) is 19.3 Å². The van der Waals surface area contributed by atoms with Crippen molar-refractivity contribution in [2.24, 2.45) is 0 Å². The highest BCUT2D eigenvalue weighted by atomic mass is 15.0. The van der Waals surface area contributed by atoms with Crippen LogP contribution in [0.25, 0.3) is 0 Å². The zero-order chi connectivity index (χ0) is 11.4. The zero-order valence-electron chi connectivity index (χ0n) is 10.6. The molecule has 0 saturated heterocycles. The van der Waals surface area contributed by atoms with Gasteiger partial charge in [-0.05, 0) is 38.8 Å². The quantitative estimate of drug-likeness (QED) is 0.823. The fraction of sp³-hybridized carbons (Fsp3) is 0.714. The first-order valence-electron chi connectivity index (χ1n) is 6.62. The van der Waals surface area contributed by atoms with Gasteiger partial charge in [0.1, 0.15) is 0 Å². The van der Waals surface area contributed by atoms with Gasteiger partial charge in [-0.15, -0.1) is 0 Å². The number of aromatic nitrogens is 1. The van der Waals surface area contributed by atoms with Crippen LogP contribution in [0.3, 0.4) is 0 Å². The summed E-state index contributed by atoms with van der Waals surface area (Å²) in [5.74, 6) is 0. The third-order valence-corrected chi connectivity index (χ3v) is 3.92. The summed E-state index contributed by atoms with van der Waals surface area (Å²) in [5, 5.41) is 3.75. The van der Waals surface area contributed by atoms with Crippen molar-refractivity contribution in [1.82, 2.24) is 9.88 Å². The van der Waals surface area contributed by atoms with Gasteiger partial charge >= 0.3 is 0 Å². The minimum atomic E-state index is 0.376. The van der Waals surface area contributed by atoms with E-state index in [1.165, 1.54) is 37.8 Å². The maximum Gasteiger partial charge on any atom is 0.0364 e. The second-order valence-corrected chi connectivity index (χ2v) is 5.26. The molecular weight excluding hydrogens is 196 g/mol. The number of hydrogen-bond donors (Lipinski definition) is 1. The van der Waals surface area contributed by atoms with Crippen LogP contribution in [0.2, 0.25) is 0 Å². The SMILES string of the molecule is CCn1cccc1CNC1(C)CCCCC1. The van der Waals surface area contributed by atoms with E-state index in [-0.39, 0.29) is 0 Å².